The van der Waals surface area contributed by atoms with Crippen molar-refractivity contribution in [1.29, 1.82) is 0 Å². The fourth-order valence-electron chi connectivity index (χ4n) is 2.91. The van der Waals surface area contributed by atoms with Crippen molar-refractivity contribution in [3.63, 3.8) is 0 Å². The first-order chi connectivity index (χ1) is 9.65. The first-order valence-corrected chi connectivity index (χ1v) is 7.52. The minimum absolute atomic E-state index is 0.183. The van der Waals surface area contributed by atoms with Gasteiger partial charge in [0, 0.05) is 11.6 Å². The van der Waals surface area contributed by atoms with Gasteiger partial charge >= 0.3 is 0 Å². The Morgan fingerprint density at radius 3 is 2.24 bits per heavy atom. The second kappa shape index (κ2) is 7.30. The zero-order valence-electron chi connectivity index (χ0n) is 13.6. The van der Waals surface area contributed by atoms with Gasteiger partial charge in [-0.05, 0) is 36.8 Å². The molecule has 1 nitrogen and oxygen atoms in total. The molecule has 0 aliphatic rings. The zero-order chi connectivity index (χ0) is 16.2. The van der Waals surface area contributed by atoms with Gasteiger partial charge in [-0.1, -0.05) is 40.7 Å². The molecule has 0 saturated heterocycles. The Kier molecular flexibility index (Phi) is 6.26. The van der Waals surface area contributed by atoms with Crippen LogP contribution in [0.15, 0.2) is 12.1 Å². The van der Waals surface area contributed by atoms with Crippen molar-refractivity contribution < 1.29 is 13.2 Å². The highest BCUT2D eigenvalue weighted by Crippen LogP contribution is 2.32. The van der Waals surface area contributed by atoms with Crippen molar-refractivity contribution in [2.75, 3.05) is 6.54 Å². The minimum atomic E-state index is -1.39. The zero-order valence-corrected chi connectivity index (χ0v) is 13.6. The molecule has 0 spiro atoms. The van der Waals surface area contributed by atoms with Crippen LogP contribution in [0.1, 0.15) is 59.1 Å². The van der Waals surface area contributed by atoms with Gasteiger partial charge in [-0.15, -0.1) is 0 Å². The van der Waals surface area contributed by atoms with Crippen molar-refractivity contribution in [3.05, 3.63) is 35.1 Å². The van der Waals surface area contributed by atoms with Gasteiger partial charge in [0.2, 0.25) is 0 Å². The van der Waals surface area contributed by atoms with Gasteiger partial charge in [0.1, 0.15) is 0 Å². The van der Waals surface area contributed by atoms with Crippen LogP contribution in [-0.2, 0) is 0 Å². The third-order valence-corrected chi connectivity index (χ3v) is 3.49. The quantitative estimate of drug-likeness (QED) is 0.711. The molecule has 1 N–H and O–H groups in total. The van der Waals surface area contributed by atoms with E-state index < -0.39 is 17.5 Å². The summed E-state index contributed by atoms with van der Waals surface area (Å²) in [5, 5.41) is 3.17. The molecule has 1 rings (SSSR count). The maximum atomic E-state index is 14.0. The molecule has 120 valence electrons. The molecule has 21 heavy (non-hydrogen) atoms. The van der Waals surface area contributed by atoms with E-state index in [0.717, 1.165) is 12.5 Å². The van der Waals surface area contributed by atoms with Crippen molar-refractivity contribution in [2.24, 2.45) is 11.3 Å². The van der Waals surface area contributed by atoms with Crippen LogP contribution in [0.2, 0.25) is 0 Å². The maximum absolute atomic E-state index is 14.0. The van der Waals surface area contributed by atoms with E-state index in [1.54, 1.807) is 0 Å². The molecular formula is C17H26F3N. The Hall–Kier alpha value is -1.03. The number of hydrogen-bond donors (Lipinski definition) is 1. The predicted molar refractivity (Wildman–Crippen MR) is 80.6 cm³/mol. The van der Waals surface area contributed by atoms with Crippen LogP contribution in [0.4, 0.5) is 13.2 Å². The summed E-state index contributed by atoms with van der Waals surface area (Å²) < 4.78 is 40.5. The lowest BCUT2D eigenvalue weighted by molar-refractivity contribution is 0.274. The summed E-state index contributed by atoms with van der Waals surface area (Å²) in [6.45, 7) is 11.1. The van der Waals surface area contributed by atoms with Crippen molar-refractivity contribution in [3.8, 4) is 0 Å². The smallest absolute Gasteiger partial charge is 0.194 e. The molecule has 1 aromatic rings. The summed E-state index contributed by atoms with van der Waals surface area (Å²) in [5.74, 6) is -3.27. The Labute approximate surface area is 125 Å². The van der Waals surface area contributed by atoms with Gasteiger partial charge < -0.3 is 5.32 Å². The number of hydrogen-bond acceptors (Lipinski definition) is 1. The molecule has 0 aliphatic heterocycles. The molecular weight excluding hydrogens is 275 g/mol. The molecule has 0 radical (unpaired) electrons. The molecule has 0 fully saturated rings. The highest BCUT2D eigenvalue weighted by atomic mass is 19.2. The van der Waals surface area contributed by atoms with Crippen LogP contribution in [0.25, 0.3) is 0 Å². The van der Waals surface area contributed by atoms with Crippen LogP contribution in [0, 0.1) is 28.8 Å². The van der Waals surface area contributed by atoms with E-state index in [1.165, 1.54) is 6.07 Å². The van der Waals surface area contributed by atoms with E-state index in [4.69, 9.17) is 0 Å². The Morgan fingerprint density at radius 2 is 1.71 bits per heavy atom. The van der Waals surface area contributed by atoms with E-state index >= 15 is 0 Å². The van der Waals surface area contributed by atoms with Crippen molar-refractivity contribution in [2.45, 2.75) is 53.5 Å². The Balaban J connectivity index is 2.94. The summed E-state index contributed by atoms with van der Waals surface area (Å²) in [6.07, 6.45) is 1.67. The molecule has 0 aromatic heterocycles. The average molecular weight is 301 g/mol. The monoisotopic (exact) mass is 301 g/mol. The summed E-state index contributed by atoms with van der Waals surface area (Å²) in [5.41, 5.74) is 0.388. The molecule has 0 heterocycles. The minimum Gasteiger partial charge on any atom is -0.310 e. The molecule has 4 heteroatoms. The largest absolute Gasteiger partial charge is 0.310 e. The molecule has 1 aromatic carbocycles. The maximum Gasteiger partial charge on any atom is 0.194 e. The van der Waals surface area contributed by atoms with Gasteiger partial charge in [-0.3, -0.25) is 0 Å². The van der Waals surface area contributed by atoms with Gasteiger partial charge in [-0.25, -0.2) is 13.2 Å². The summed E-state index contributed by atoms with van der Waals surface area (Å²) in [6, 6.07) is 2.03. The van der Waals surface area contributed by atoms with E-state index in [1.807, 2.05) is 6.92 Å². The van der Waals surface area contributed by atoms with Gasteiger partial charge in [0.05, 0.1) is 0 Å². The summed E-state index contributed by atoms with van der Waals surface area (Å²) in [4.78, 5) is 0. The summed E-state index contributed by atoms with van der Waals surface area (Å²) >= 11 is 0. The fraction of sp³-hybridized carbons (Fsp3) is 0.647. The highest BCUT2D eigenvalue weighted by molar-refractivity contribution is 5.23. The van der Waals surface area contributed by atoms with Crippen LogP contribution in [-0.4, -0.2) is 6.54 Å². The Bertz CT molecular complexity index is 466. The predicted octanol–water partition coefficient (Wildman–Crippen LogP) is 5.22. The highest BCUT2D eigenvalue weighted by Gasteiger charge is 2.24. The molecule has 2 unspecified atom stereocenters. The lowest BCUT2D eigenvalue weighted by Crippen LogP contribution is -2.25. The Morgan fingerprint density at radius 1 is 1.10 bits per heavy atom. The first kappa shape index (κ1) is 18.0. The lowest BCUT2D eigenvalue weighted by Gasteiger charge is -2.27. The number of rotatable bonds is 6. The lowest BCUT2D eigenvalue weighted by atomic mass is 9.82. The molecule has 0 aliphatic carbocycles. The number of halogens is 3. The van der Waals surface area contributed by atoms with Crippen molar-refractivity contribution in [1.82, 2.24) is 5.32 Å². The van der Waals surface area contributed by atoms with E-state index in [0.29, 0.717) is 18.9 Å². The van der Waals surface area contributed by atoms with Crippen LogP contribution in [0.3, 0.4) is 0 Å². The van der Waals surface area contributed by atoms with Gasteiger partial charge in [-0.2, -0.15) is 0 Å². The summed E-state index contributed by atoms with van der Waals surface area (Å²) in [7, 11) is 0. The molecule has 0 bridgehead atoms. The molecule has 0 amide bonds. The third-order valence-electron chi connectivity index (χ3n) is 3.49. The second-order valence-electron chi connectivity index (χ2n) is 6.98. The topological polar surface area (TPSA) is 12.0 Å². The van der Waals surface area contributed by atoms with Crippen LogP contribution >= 0.6 is 0 Å². The van der Waals surface area contributed by atoms with Crippen LogP contribution < -0.4 is 5.32 Å². The normalized spacial score (nSPS) is 15.0. The van der Waals surface area contributed by atoms with E-state index in [2.05, 4.69) is 33.0 Å². The standard InChI is InChI=1S/C17H26F3N/c1-6-21-14(9-11(2)10-17(3,4)5)12-7-8-13(18)16(20)15(12)19/h7-8,11,14,21H,6,9-10H2,1-5H3. The molecule has 2 atom stereocenters. The number of benzene rings is 1. The molecule has 0 saturated carbocycles. The first-order valence-electron chi connectivity index (χ1n) is 7.52. The van der Waals surface area contributed by atoms with Crippen LogP contribution in [0.5, 0.6) is 0 Å². The second-order valence-corrected chi connectivity index (χ2v) is 6.98. The number of nitrogens with one attached hydrogen (secondary N) is 1. The average Bonchev–Trinajstić information content (AvgIpc) is 2.33. The third kappa shape index (κ3) is 5.34. The van der Waals surface area contributed by atoms with Gasteiger partial charge in [0.25, 0.3) is 0 Å². The van der Waals surface area contributed by atoms with E-state index in [-0.39, 0.29) is 17.0 Å². The SMILES string of the molecule is CCNC(CC(C)CC(C)(C)C)c1ccc(F)c(F)c1F. The van der Waals surface area contributed by atoms with Gasteiger partial charge in [0.15, 0.2) is 17.5 Å². The van der Waals surface area contributed by atoms with Crippen molar-refractivity contribution >= 4 is 0 Å². The fourth-order valence-corrected chi connectivity index (χ4v) is 2.91. The van der Waals surface area contributed by atoms with E-state index in [9.17, 15) is 13.2 Å².